The van der Waals surface area contributed by atoms with Crippen molar-refractivity contribution in [2.75, 3.05) is 26.7 Å². The van der Waals surface area contributed by atoms with Gasteiger partial charge < -0.3 is 19.5 Å². The Morgan fingerprint density at radius 1 is 1.25 bits per heavy atom. The molecule has 2 aromatic rings. The second-order valence-electron chi connectivity index (χ2n) is 7.16. The number of rotatable bonds is 5. The number of methoxy groups -OCH3 is 1. The van der Waals surface area contributed by atoms with Gasteiger partial charge in [0, 0.05) is 38.5 Å². The zero-order valence-corrected chi connectivity index (χ0v) is 18.9. The summed E-state index contributed by atoms with van der Waals surface area (Å²) in [6.45, 7) is 6.57. The molecule has 3 heterocycles. The zero-order valence-electron chi connectivity index (χ0n) is 16.6. The SMILES string of the molecule is CCNC(=NCc1nnc2n1CCC2)N1CCC(c2ccc(OC)cc2)C1.I. The van der Waals surface area contributed by atoms with Crippen LogP contribution in [0.4, 0.5) is 0 Å². The largest absolute Gasteiger partial charge is 0.497 e. The molecule has 0 bridgehead atoms. The predicted octanol–water partition coefficient (Wildman–Crippen LogP) is 2.81. The van der Waals surface area contributed by atoms with Crippen molar-refractivity contribution in [1.29, 1.82) is 0 Å². The number of likely N-dealkylation sites (tertiary alicyclic amines) is 1. The van der Waals surface area contributed by atoms with Crippen molar-refractivity contribution in [3.8, 4) is 5.75 Å². The molecule has 1 saturated heterocycles. The maximum atomic E-state index is 5.27. The van der Waals surface area contributed by atoms with E-state index in [2.05, 4.69) is 44.0 Å². The van der Waals surface area contributed by atoms with Gasteiger partial charge in [0.1, 0.15) is 18.1 Å². The lowest BCUT2D eigenvalue weighted by Gasteiger charge is -2.21. The lowest BCUT2D eigenvalue weighted by atomic mass is 9.98. The highest BCUT2D eigenvalue weighted by Crippen LogP contribution is 2.28. The minimum absolute atomic E-state index is 0. The van der Waals surface area contributed by atoms with Gasteiger partial charge in [0.05, 0.1) is 7.11 Å². The molecule has 0 aliphatic carbocycles. The number of aliphatic imine (C=N–C) groups is 1. The van der Waals surface area contributed by atoms with Crippen LogP contribution in [0.25, 0.3) is 0 Å². The van der Waals surface area contributed by atoms with E-state index in [1.54, 1.807) is 7.11 Å². The van der Waals surface area contributed by atoms with E-state index in [0.29, 0.717) is 12.5 Å². The number of ether oxygens (including phenoxy) is 1. The summed E-state index contributed by atoms with van der Waals surface area (Å²) in [5, 5.41) is 12.0. The van der Waals surface area contributed by atoms with Crippen LogP contribution in [-0.2, 0) is 19.5 Å². The van der Waals surface area contributed by atoms with Gasteiger partial charge in [0.2, 0.25) is 0 Å². The Labute approximate surface area is 183 Å². The second-order valence-corrected chi connectivity index (χ2v) is 7.16. The summed E-state index contributed by atoms with van der Waals surface area (Å²) in [6.07, 6.45) is 3.33. The fourth-order valence-electron chi connectivity index (χ4n) is 4.00. The average Bonchev–Trinajstić information content (AvgIpc) is 3.43. The van der Waals surface area contributed by atoms with Gasteiger partial charge in [0.25, 0.3) is 0 Å². The first-order valence-corrected chi connectivity index (χ1v) is 9.86. The molecular formula is C20H29IN6O. The van der Waals surface area contributed by atoms with E-state index < -0.39 is 0 Å². The second kappa shape index (κ2) is 9.58. The van der Waals surface area contributed by atoms with Crippen LogP contribution in [0.15, 0.2) is 29.3 Å². The van der Waals surface area contributed by atoms with Gasteiger partial charge in [-0.25, -0.2) is 4.99 Å². The van der Waals surface area contributed by atoms with Crippen LogP contribution in [0.5, 0.6) is 5.75 Å². The summed E-state index contributed by atoms with van der Waals surface area (Å²) in [5.41, 5.74) is 1.37. The third-order valence-corrected chi connectivity index (χ3v) is 5.47. The first-order chi connectivity index (χ1) is 13.3. The number of benzene rings is 1. The molecule has 1 N–H and O–H groups in total. The molecule has 0 radical (unpaired) electrons. The van der Waals surface area contributed by atoms with Crippen LogP contribution >= 0.6 is 24.0 Å². The summed E-state index contributed by atoms with van der Waals surface area (Å²) in [5.74, 6) is 4.49. The Morgan fingerprint density at radius 2 is 2.07 bits per heavy atom. The van der Waals surface area contributed by atoms with Gasteiger partial charge in [-0.1, -0.05) is 12.1 Å². The minimum atomic E-state index is 0. The van der Waals surface area contributed by atoms with Gasteiger partial charge in [0.15, 0.2) is 11.8 Å². The minimum Gasteiger partial charge on any atom is -0.497 e. The van der Waals surface area contributed by atoms with Gasteiger partial charge in [-0.2, -0.15) is 0 Å². The Kier molecular flexibility index (Phi) is 7.14. The number of guanidine groups is 1. The van der Waals surface area contributed by atoms with Gasteiger partial charge in [-0.3, -0.25) is 0 Å². The van der Waals surface area contributed by atoms with Gasteiger partial charge in [-0.15, -0.1) is 34.2 Å². The number of nitrogens with zero attached hydrogens (tertiary/aromatic N) is 5. The normalized spacial score (nSPS) is 18.7. The molecule has 1 unspecified atom stereocenters. The Morgan fingerprint density at radius 3 is 2.82 bits per heavy atom. The Hall–Kier alpha value is -1.84. The van der Waals surface area contributed by atoms with E-state index in [0.717, 1.165) is 68.8 Å². The predicted molar refractivity (Wildman–Crippen MR) is 120 cm³/mol. The van der Waals surface area contributed by atoms with Crippen molar-refractivity contribution in [3.63, 3.8) is 0 Å². The molecule has 1 atom stereocenters. The van der Waals surface area contributed by atoms with Crippen molar-refractivity contribution in [1.82, 2.24) is 25.0 Å². The van der Waals surface area contributed by atoms with E-state index >= 15 is 0 Å². The van der Waals surface area contributed by atoms with Crippen LogP contribution in [0.1, 0.15) is 42.9 Å². The quantitative estimate of drug-likeness (QED) is 0.392. The summed E-state index contributed by atoms with van der Waals surface area (Å²) in [6, 6.07) is 8.44. The molecule has 2 aliphatic heterocycles. The summed E-state index contributed by atoms with van der Waals surface area (Å²) in [7, 11) is 1.70. The fourth-order valence-corrected chi connectivity index (χ4v) is 4.00. The van der Waals surface area contributed by atoms with Crippen LogP contribution in [-0.4, -0.2) is 52.4 Å². The maximum absolute atomic E-state index is 5.27. The van der Waals surface area contributed by atoms with Crippen molar-refractivity contribution >= 4 is 29.9 Å². The highest BCUT2D eigenvalue weighted by molar-refractivity contribution is 14.0. The molecule has 8 heteroatoms. The topological polar surface area (TPSA) is 67.6 Å². The van der Waals surface area contributed by atoms with E-state index in [1.165, 1.54) is 5.56 Å². The number of aryl methyl sites for hydroxylation is 1. The molecule has 2 aliphatic rings. The number of aromatic nitrogens is 3. The van der Waals surface area contributed by atoms with Crippen molar-refractivity contribution in [2.24, 2.45) is 4.99 Å². The number of nitrogens with one attached hydrogen (secondary N) is 1. The monoisotopic (exact) mass is 496 g/mol. The van der Waals surface area contributed by atoms with Crippen molar-refractivity contribution in [3.05, 3.63) is 41.5 Å². The Balaban J connectivity index is 0.00000225. The summed E-state index contributed by atoms with van der Waals surface area (Å²) in [4.78, 5) is 7.22. The van der Waals surface area contributed by atoms with Gasteiger partial charge in [-0.05, 0) is 37.5 Å². The highest BCUT2D eigenvalue weighted by Gasteiger charge is 2.26. The molecular weight excluding hydrogens is 467 g/mol. The first kappa shape index (κ1) is 20.9. The molecule has 1 fully saturated rings. The van der Waals surface area contributed by atoms with Crippen molar-refractivity contribution in [2.45, 2.75) is 45.2 Å². The molecule has 4 rings (SSSR count). The van der Waals surface area contributed by atoms with E-state index in [1.807, 2.05) is 12.1 Å². The molecule has 0 saturated carbocycles. The zero-order chi connectivity index (χ0) is 18.6. The molecule has 1 aromatic heterocycles. The lowest BCUT2D eigenvalue weighted by Crippen LogP contribution is -2.40. The maximum Gasteiger partial charge on any atom is 0.194 e. The van der Waals surface area contributed by atoms with Crippen molar-refractivity contribution < 1.29 is 4.74 Å². The van der Waals surface area contributed by atoms with Crippen LogP contribution < -0.4 is 10.1 Å². The third-order valence-electron chi connectivity index (χ3n) is 5.47. The molecule has 1 aromatic carbocycles. The summed E-state index contributed by atoms with van der Waals surface area (Å²) < 4.78 is 7.49. The number of fused-ring (bicyclic) bond motifs is 1. The van der Waals surface area contributed by atoms with E-state index in [4.69, 9.17) is 9.73 Å². The Bertz CT molecular complexity index is 804. The highest BCUT2D eigenvalue weighted by atomic mass is 127. The fraction of sp³-hybridized carbons (Fsp3) is 0.550. The summed E-state index contributed by atoms with van der Waals surface area (Å²) >= 11 is 0. The molecule has 28 heavy (non-hydrogen) atoms. The third kappa shape index (κ3) is 4.42. The number of halogens is 1. The van der Waals surface area contributed by atoms with Crippen LogP contribution in [0.3, 0.4) is 0 Å². The molecule has 0 amide bonds. The average molecular weight is 496 g/mol. The molecule has 7 nitrogen and oxygen atoms in total. The van der Waals surface area contributed by atoms with E-state index in [-0.39, 0.29) is 24.0 Å². The van der Waals surface area contributed by atoms with Crippen LogP contribution in [0.2, 0.25) is 0 Å². The molecule has 152 valence electrons. The molecule has 0 spiro atoms. The standard InChI is InChI=1S/C20H28N6O.HI/c1-3-21-20(22-13-19-24-23-18-5-4-11-26(18)19)25-12-10-16(14-25)15-6-8-17(27-2)9-7-15;/h6-9,16H,3-5,10-14H2,1-2H3,(H,21,22);1H. The first-order valence-electron chi connectivity index (χ1n) is 9.86. The van der Waals surface area contributed by atoms with E-state index in [9.17, 15) is 0 Å². The number of hydrogen-bond donors (Lipinski definition) is 1. The lowest BCUT2D eigenvalue weighted by molar-refractivity contribution is 0.414. The van der Waals surface area contributed by atoms with Gasteiger partial charge >= 0.3 is 0 Å². The smallest absolute Gasteiger partial charge is 0.194 e. The number of hydrogen-bond acceptors (Lipinski definition) is 4. The van der Waals surface area contributed by atoms with Crippen LogP contribution in [0, 0.1) is 0 Å².